The number of aryl methyl sites for hydroxylation is 1. The lowest BCUT2D eigenvalue weighted by Crippen LogP contribution is -2.28. The summed E-state index contributed by atoms with van der Waals surface area (Å²) in [6.07, 6.45) is 3.85. The van der Waals surface area contributed by atoms with E-state index in [4.69, 9.17) is 12.2 Å². The molecule has 1 aromatic carbocycles. The Kier molecular flexibility index (Phi) is 6.92. The first-order valence-electron chi connectivity index (χ1n) is 10.6. The Morgan fingerprint density at radius 2 is 1.97 bits per heavy atom. The molecule has 1 aliphatic rings. The number of carbonyl (C=O) groups is 1. The predicted molar refractivity (Wildman–Crippen MR) is 136 cm³/mol. The number of aliphatic hydroxyl groups excluding tert-OH is 1. The van der Waals surface area contributed by atoms with Gasteiger partial charge in [0.1, 0.15) is 15.8 Å². The number of pyridine rings is 1. The first-order chi connectivity index (χ1) is 15.9. The van der Waals surface area contributed by atoms with Crippen molar-refractivity contribution in [1.82, 2.24) is 14.3 Å². The number of benzene rings is 1. The molecule has 0 saturated carbocycles. The standard InChI is InChI=1S/C24H24N4O3S2/c1-3-17(14-29)25-20-18(22(30)27-11-7-8-15(2)21(27)26-20)12-19-23(31)28(24(32)33-19)13-16-9-5-4-6-10-16/h4-12,17,25,29H,3,13-14H2,1-2H3/b19-12-/t17-/m0/s1. The number of fused-ring (bicyclic) bond motifs is 1. The summed E-state index contributed by atoms with van der Waals surface area (Å²) in [5.41, 5.74) is 2.29. The average molecular weight is 481 g/mol. The highest BCUT2D eigenvalue weighted by Gasteiger charge is 2.32. The number of aliphatic hydroxyl groups is 1. The topological polar surface area (TPSA) is 86.9 Å². The summed E-state index contributed by atoms with van der Waals surface area (Å²) in [4.78, 5) is 33.1. The van der Waals surface area contributed by atoms with E-state index in [1.54, 1.807) is 18.3 Å². The zero-order chi connectivity index (χ0) is 23.5. The molecule has 4 rings (SSSR count). The maximum absolute atomic E-state index is 13.4. The fourth-order valence-corrected chi connectivity index (χ4v) is 4.79. The molecule has 1 amide bonds. The molecule has 33 heavy (non-hydrogen) atoms. The summed E-state index contributed by atoms with van der Waals surface area (Å²) < 4.78 is 1.91. The van der Waals surface area contributed by atoms with E-state index in [1.165, 1.54) is 21.1 Å². The summed E-state index contributed by atoms with van der Waals surface area (Å²) in [6.45, 7) is 4.07. The van der Waals surface area contributed by atoms with Crippen LogP contribution in [0.3, 0.4) is 0 Å². The Labute approximate surface area is 201 Å². The van der Waals surface area contributed by atoms with Crippen molar-refractivity contribution >= 4 is 51.7 Å². The Hall–Kier alpha value is -3.01. The van der Waals surface area contributed by atoms with Crippen molar-refractivity contribution in [3.8, 4) is 0 Å². The normalized spacial score (nSPS) is 16.1. The van der Waals surface area contributed by atoms with Crippen LogP contribution >= 0.6 is 24.0 Å². The zero-order valence-electron chi connectivity index (χ0n) is 18.3. The van der Waals surface area contributed by atoms with Crippen LogP contribution in [0.25, 0.3) is 11.7 Å². The zero-order valence-corrected chi connectivity index (χ0v) is 19.9. The van der Waals surface area contributed by atoms with Gasteiger partial charge in [-0.05, 0) is 36.6 Å². The minimum Gasteiger partial charge on any atom is -0.394 e. The second kappa shape index (κ2) is 9.86. The molecule has 2 N–H and O–H groups in total. The SMILES string of the molecule is CC[C@@H](CO)Nc1nc2c(C)cccn2c(=O)c1/C=C1\SC(=S)N(Cc2ccccc2)C1=O. The number of hydrogen-bond acceptors (Lipinski definition) is 7. The highest BCUT2D eigenvalue weighted by Crippen LogP contribution is 2.34. The van der Waals surface area contributed by atoms with Crippen molar-refractivity contribution < 1.29 is 9.90 Å². The lowest BCUT2D eigenvalue weighted by atomic mass is 10.2. The predicted octanol–water partition coefficient (Wildman–Crippen LogP) is 3.59. The first kappa shape index (κ1) is 23.2. The molecule has 0 spiro atoms. The summed E-state index contributed by atoms with van der Waals surface area (Å²) in [6, 6.07) is 13.0. The molecule has 3 heterocycles. The van der Waals surface area contributed by atoms with E-state index < -0.39 is 0 Å². The number of amides is 1. The monoisotopic (exact) mass is 480 g/mol. The van der Waals surface area contributed by atoms with E-state index in [2.05, 4.69) is 10.3 Å². The molecular weight excluding hydrogens is 456 g/mol. The van der Waals surface area contributed by atoms with E-state index in [9.17, 15) is 14.7 Å². The van der Waals surface area contributed by atoms with Crippen molar-refractivity contribution in [2.75, 3.05) is 11.9 Å². The van der Waals surface area contributed by atoms with Crippen LogP contribution in [0.2, 0.25) is 0 Å². The highest BCUT2D eigenvalue weighted by molar-refractivity contribution is 8.26. The number of carbonyl (C=O) groups excluding carboxylic acids is 1. The van der Waals surface area contributed by atoms with Crippen LogP contribution < -0.4 is 10.9 Å². The molecule has 1 atom stereocenters. The molecule has 7 nitrogen and oxygen atoms in total. The Morgan fingerprint density at radius 3 is 2.67 bits per heavy atom. The lowest BCUT2D eigenvalue weighted by molar-refractivity contribution is -0.122. The van der Waals surface area contributed by atoms with Crippen LogP contribution in [-0.4, -0.2) is 42.3 Å². The van der Waals surface area contributed by atoms with E-state index in [-0.39, 0.29) is 29.7 Å². The van der Waals surface area contributed by atoms with Crippen LogP contribution in [0.1, 0.15) is 30.0 Å². The number of rotatable bonds is 7. The van der Waals surface area contributed by atoms with Gasteiger partial charge >= 0.3 is 0 Å². The van der Waals surface area contributed by atoms with Crippen molar-refractivity contribution in [3.05, 3.63) is 80.6 Å². The molecule has 1 fully saturated rings. The van der Waals surface area contributed by atoms with E-state index in [0.717, 1.165) is 11.1 Å². The Bertz CT molecular complexity index is 1300. The van der Waals surface area contributed by atoms with Crippen LogP contribution in [-0.2, 0) is 11.3 Å². The number of thiocarbonyl (C=S) groups is 1. The highest BCUT2D eigenvalue weighted by atomic mass is 32.2. The first-order valence-corrected chi connectivity index (χ1v) is 11.8. The van der Waals surface area contributed by atoms with Gasteiger partial charge in [0, 0.05) is 6.20 Å². The Morgan fingerprint density at radius 1 is 1.21 bits per heavy atom. The van der Waals surface area contributed by atoms with Gasteiger partial charge in [-0.25, -0.2) is 4.98 Å². The van der Waals surface area contributed by atoms with E-state index in [1.807, 2.05) is 50.2 Å². The molecule has 0 radical (unpaired) electrons. The van der Waals surface area contributed by atoms with Gasteiger partial charge in [0.05, 0.1) is 29.7 Å². The van der Waals surface area contributed by atoms with Gasteiger partial charge in [-0.3, -0.25) is 18.9 Å². The number of anilines is 1. The van der Waals surface area contributed by atoms with Gasteiger partial charge < -0.3 is 10.4 Å². The number of thioether (sulfide) groups is 1. The minimum absolute atomic E-state index is 0.107. The molecule has 3 aromatic rings. The van der Waals surface area contributed by atoms with Gasteiger partial charge in [0.25, 0.3) is 11.5 Å². The molecular formula is C24H24N4O3S2. The van der Waals surface area contributed by atoms with E-state index in [0.29, 0.717) is 33.7 Å². The fourth-order valence-electron chi connectivity index (χ4n) is 3.56. The second-order valence-corrected chi connectivity index (χ2v) is 9.43. The summed E-state index contributed by atoms with van der Waals surface area (Å²) in [5.74, 6) is 0.0891. The van der Waals surface area contributed by atoms with Gasteiger partial charge in [-0.1, -0.05) is 67.3 Å². The number of nitrogens with one attached hydrogen (secondary N) is 1. The fraction of sp³-hybridized carbons (Fsp3) is 0.250. The van der Waals surface area contributed by atoms with Gasteiger partial charge in [0.2, 0.25) is 0 Å². The third-order valence-corrected chi connectivity index (χ3v) is 6.85. The number of nitrogens with zero attached hydrogens (tertiary/aromatic N) is 3. The molecule has 0 unspecified atom stereocenters. The molecule has 1 saturated heterocycles. The van der Waals surface area contributed by atoms with Crippen LogP contribution in [0.5, 0.6) is 0 Å². The largest absolute Gasteiger partial charge is 0.394 e. The van der Waals surface area contributed by atoms with Gasteiger partial charge in [0.15, 0.2) is 0 Å². The molecule has 1 aliphatic heterocycles. The third kappa shape index (κ3) is 4.71. The lowest BCUT2D eigenvalue weighted by Gasteiger charge is -2.17. The molecule has 2 aromatic heterocycles. The number of hydrogen-bond donors (Lipinski definition) is 2. The van der Waals surface area contributed by atoms with Gasteiger partial charge in [-0.15, -0.1) is 0 Å². The maximum atomic E-state index is 13.4. The Balaban J connectivity index is 1.78. The summed E-state index contributed by atoms with van der Waals surface area (Å²) in [5, 5.41) is 12.9. The molecule has 170 valence electrons. The molecule has 0 aliphatic carbocycles. The summed E-state index contributed by atoms with van der Waals surface area (Å²) in [7, 11) is 0. The second-order valence-electron chi connectivity index (χ2n) is 7.75. The third-order valence-electron chi connectivity index (χ3n) is 5.47. The summed E-state index contributed by atoms with van der Waals surface area (Å²) >= 11 is 6.62. The van der Waals surface area contributed by atoms with Crippen molar-refractivity contribution in [2.24, 2.45) is 0 Å². The molecule has 0 bridgehead atoms. The molecule has 9 heteroatoms. The number of aromatic nitrogens is 2. The van der Waals surface area contributed by atoms with E-state index >= 15 is 0 Å². The average Bonchev–Trinajstić information content (AvgIpc) is 3.08. The minimum atomic E-state index is -0.299. The quantitative estimate of drug-likeness (QED) is 0.395. The van der Waals surface area contributed by atoms with Crippen LogP contribution in [0.4, 0.5) is 5.82 Å². The van der Waals surface area contributed by atoms with Crippen molar-refractivity contribution in [3.63, 3.8) is 0 Å². The van der Waals surface area contributed by atoms with Crippen molar-refractivity contribution in [1.29, 1.82) is 0 Å². The van der Waals surface area contributed by atoms with Crippen LogP contribution in [0, 0.1) is 6.92 Å². The maximum Gasteiger partial charge on any atom is 0.267 e. The smallest absolute Gasteiger partial charge is 0.267 e. The van der Waals surface area contributed by atoms with Crippen molar-refractivity contribution in [2.45, 2.75) is 32.9 Å². The van der Waals surface area contributed by atoms with Gasteiger partial charge in [-0.2, -0.15) is 0 Å². The van der Waals surface area contributed by atoms with Crippen LogP contribution in [0.15, 0.2) is 58.4 Å².